The van der Waals surface area contributed by atoms with Crippen molar-refractivity contribution in [3.63, 3.8) is 0 Å². The molecular weight excluding hydrogens is 452 g/mol. The molecule has 1 N–H and O–H groups in total. The number of nitrogens with zero attached hydrogens (tertiary/aromatic N) is 1. The molecule has 0 saturated heterocycles. The van der Waals surface area contributed by atoms with Crippen LogP contribution in [0.1, 0.15) is 36.1 Å². The van der Waals surface area contributed by atoms with E-state index in [0.717, 1.165) is 45.6 Å². The summed E-state index contributed by atoms with van der Waals surface area (Å²) in [4.78, 5) is 16.6. The van der Waals surface area contributed by atoms with E-state index in [-0.39, 0.29) is 11.8 Å². The number of halogens is 1. The highest BCUT2D eigenvalue weighted by Crippen LogP contribution is 2.42. The van der Waals surface area contributed by atoms with Crippen molar-refractivity contribution in [3.05, 3.63) is 94.7 Å². The minimum Gasteiger partial charge on any atom is -0.489 e. The van der Waals surface area contributed by atoms with Gasteiger partial charge in [-0.3, -0.25) is 4.79 Å². The molecule has 2 atom stereocenters. The number of ether oxygens (including phenoxy) is 1. The number of fused-ring (bicyclic) bond motifs is 1. The Morgan fingerprint density at radius 1 is 0.968 bits per heavy atom. The van der Waals surface area contributed by atoms with Crippen LogP contribution in [0.15, 0.2) is 83.3 Å². The predicted octanol–water partition coefficient (Wildman–Crippen LogP) is 5.53. The average Bonchev–Trinajstić information content (AvgIpc) is 3.35. The summed E-state index contributed by atoms with van der Waals surface area (Å²) in [5.74, 6) is 2.38. The van der Waals surface area contributed by atoms with Gasteiger partial charge < -0.3 is 4.74 Å². The SMILES string of the molecule is O=C1C[C@@H](c2[nH]c3ccccc3[n+]2CCOc2ccccc2)CC1c1ccccc1Br. The van der Waals surface area contributed by atoms with Crippen molar-refractivity contribution < 1.29 is 14.1 Å². The van der Waals surface area contributed by atoms with Gasteiger partial charge in [-0.25, -0.2) is 9.55 Å². The van der Waals surface area contributed by atoms with Gasteiger partial charge in [0.2, 0.25) is 0 Å². The van der Waals surface area contributed by atoms with Crippen LogP contribution in [0.5, 0.6) is 5.75 Å². The summed E-state index contributed by atoms with van der Waals surface area (Å²) in [7, 11) is 0. The smallest absolute Gasteiger partial charge is 0.258 e. The van der Waals surface area contributed by atoms with Gasteiger partial charge in [0.05, 0.1) is 5.92 Å². The molecule has 0 spiro atoms. The number of nitrogens with one attached hydrogen (secondary N) is 1. The first kappa shape index (κ1) is 20.0. The maximum atomic E-state index is 13.0. The van der Waals surface area contributed by atoms with Gasteiger partial charge in [0.15, 0.2) is 11.0 Å². The summed E-state index contributed by atoms with van der Waals surface area (Å²) >= 11 is 3.63. The van der Waals surface area contributed by atoms with Crippen LogP contribution >= 0.6 is 15.9 Å². The van der Waals surface area contributed by atoms with Crippen molar-refractivity contribution in [2.45, 2.75) is 31.2 Å². The number of carbonyl (C=O) groups is 1. The number of rotatable bonds is 6. The van der Waals surface area contributed by atoms with Crippen LogP contribution in [0, 0.1) is 0 Å². The van der Waals surface area contributed by atoms with E-state index in [1.54, 1.807) is 0 Å². The van der Waals surface area contributed by atoms with Crippen LogP contribution in [-0.4, -0.2) is 17.4 Å². The molecule has 0 bridgehead atoms. The van der Waals surface area contributed by atoms with E-state index in [0.29, 0.717) is 18.8 Å². The molecule has 1 fully saturated rings. The third-order valence-corrected chi connectivity index (χ3v) is 6.82. The molecule has 1 aliphatic rings. The van der Waals surface area contributed by atoms with Crippen LogP contribution in [0.25, 0.3) is 11.0 Å². The number of ketones is 1. The van der Waals surface area contributed by atoms with Gasteiger partial charge >= 0.3 is 0 Å². The van der Waals surface area contributed by atoms with Gasteiger partial charge in [-0.15, -0.1) is 0 Å². The molecule has 1 heterocycles. The van der Waals surface area contributed by atoms with Crippen LogP contribution in [0.4, 0.5) is 0 Å². The van der Waals surface area contributed by atoms with Crippen molar-refractivity contribution in [2.75, 3.05) is 6.61 Å². The number of carbonyl (C=O) groups excluding carboxylic acids is 1. The number of aromatic nitrogens is 2. The molecule has 4 aromatic rings. The third kappa shape index (κ3) is 4.02. The van der Waals surface area contributed by atoms with Crippen molar-refractivity contribution in [2.24, 2.45) is 0 Å². The summed E-state index contributed by atoms with van der Waals surface area (Å²) in [6.45, 7) is 1.29. The third-order valence-electron chi connectivity index (χ3n) is 6.10. The van der Waals surface area contributed by atoms with Gasteiger partial charge in [0.25, 0.3) is 5.82 Å². The second-order valence-corrected chi connectivity index (χ2v) is 8.87. The molecule has 1 unspecified atom stereocenters. The molecule has 0 amide bonds. The van der Waals surface area contributed by atoms with E-state index < -0.39 is 0 Å². The number of para-hydroxylation sites is 3. The number of H-pyrrole nitrogens is 1. The molecule has 0 aliphatic heterocycles. The lowest BCUT2D eigenvalue weighted by Gasteiger charge is -2.11. The normalized spacial score (nSPS) is 18.5. The number of imidazole rings is 1. The largest absolute Gasteiger partial charge is 0.489 e. The Bertz CT molecular complexity index is 1220. The molecule has 3 aromatic carbocycles. The second kappa shape index (κ2) is 8.67. The second-order valence-electron chi connectivity index (χ2n) is 8.02. The van der Waals surface area contributed by atoms with Crippen LogP contribution < -0.4 is 9.30 Å². The first-order chi connectivity index (χ1) is 15.2. The molecule has 156 valence electrons. The maximum Gasteiger partial charge on any atom is 0.258 e. The van der Waals surface area contributed by atoms with Crippen LogP contribution in [0.3, 0.4) is 0 Å². The number of Topliss-reactive ketones (excluding diaryl/α,β-unsaturated/α-hetero) is 1. The van der Waals surface area contributed by atoms with E-state index in [4.69, 9.17) is 4.74 Å². The fourth-order valence-electron chi connectivity index (χ4n) is 4.64. The highest BCUT2D eigenvalue weighted by molar-refractivity contribution is 9.10. The Labute approximate surface area is 190 Å². The van der Waals surface area contributed by atoms with Crippen molar-refractivity contribution >= 4 is 32.7 Å². The van der Waals surface area contributed by atoms with Gasteiger partial charge in [0, 0.05) is 16.8 Å². The number of benzene rings is 3. The number of hydrogen-bond acceptors (Lipinski definition) is 2. The molecular formula is C26H24BrN2O2+. The lowest BCUT2D eigenvalue weighted by molar-refractivity contribution is -0.680. The monoisotopic (exact) mass is 475 g/mol. The number of aromatic amines is 1. The molecule has 1 aromatic heterocycles. The van der Waals surface area contributed by atoms with E-state index in [1.807, 2.05) is 54.6 Å². The van der Waals surface area contributed by atoms with Crippen molar-refractivity contribution in [3.8, 4) is 5.75 Å². The van der Waals surface area contributed by atoms with E-state index >= 15 is 0 Å². The fourth-order valence-corrected chi connectivity index (χ4v) is 5.20. The van der Waals surface area contributed by atoms with E-state index in [2.05, 4.69) is 49.7 Å². The zero-order chi connectivity index (χ0) is 21.2. The minimum absolute atomic E-state index is 0.0685. The molecule has 0 radical (unpaired) electrons. The van der Waals surface area contributed by atoms with Gasteiger partial charge in [-0.2, -0.15) is 0 Å². The summed E-state index contributed by atoms with van der Waals surface area (Å²) in [5.41, 5.74) is 3.32. The summed E-state index contributed by atoms with van der Waals surface area (Å²) < 4.78 is 9.26. The zero-order valence-electron chi connectivity index (χ0n) is 17.1. The summed E-state index contributed by atoms with van der Waals surface area (Å²) in [6.07, 6.45) is 1.37. The molecule has 4 nitrogen and oxygen atoms in total. The Balaban J connectivity index is 1.42. The first-order valence-corrected chi connectivity index (χ1v) is 11.5. The highest BCUT2D eigenvalue weighted by atomic mass is 79.9. The zero-order valence-corrected chi connectivity index (χ0v) is 18.7. The van der Waals surface area contributed by atoms with Crippen LogP contribution in [0.2, 0.25) is 0 Å². The predicted molar refractivity (Wildman–Crippen MR) is 124 cm³/mol. The molecule has 1 aliphatic carbocycles. The fraction of sp³-hybridized carbons (Fsp3) is 0.231. The minimum atomic E-state index is -0.0685. The quantitative estimate of drug-likeness (QED) is 0.372. The Hall–Kier alpha value is -2.92. The summed E-state index contributed by atoms with van der Waals surface area (Å²) in [5, 5.41) is 0. The lowest BCUT2D eigenvalue weighted by Crippen LogP contribution is -2.40. The Morgan fingerprint density at radius 2 is 1.71 bits per heavy atom. The molecule has 5 heteroatoms. The van der Waals surface area contributed by atoms with Crippen molar-refractivity contribution in [1.29, 1.82) is 0 Å². The number of hydrogen-bond donors (Lipinski definition) is 1. The van der Waals surface area contributed by atoms with Gasteiger partial charge in [-0.05, 0) is 42.3 Å². The van der Waals surface area contributed by atoms with E-state index in [9.17, 15) is 4.79 Å². The standard InChI is InChI=1S/C26H23BrN2O2/c27-22-11-5-4-10-20(22)21-16-18(17-25(21)30)26-28-23-12-6-7-13-24(23)29(26)14-15-31-19-8-2-1-3-9-19/h1-13,18,21H,14-17H2/p+1/t18-,21?/m0/s1. The first-order valence-electron chi connectivity index (χ1n) is 10.7. The highest BCUT2D eigenvalue weighted by Gasteiger charge is 2.40. The average molecular weight is 476 g/mol. The van der Waals surface area contributed by atoms with Crippen molar-refractivity contribution in [1.82, 2.24) is 4.98 Å². The van der Waals surface area contributed by atoms with Gasteiger partial charge in [0.1, 0.15) is 24.7 Å². The lowest BCUT2D eigenvalue weighted by atomic mass is 9.95. The molecule has 1 saturated carbocycles. The topological polar surface area (TPSA) is 46.0 Å². The van der Waals surface area contributed by atoms with Crippen LogP contribution in [-0.2, 0) is 11.3 Å². The Morgan fingerprint density at radius 3 is 2.55 bits per heavy atom. The molecule has 31 heavy (non-hydrogen) atoms. The summed E-state index contributed by atoms with van der Waals surface area (Å²) in [6, 6.07) is 26.3. The Kier molecular flexibility index (Phi) is 5.60. The maximum absolute atomic E-state index is 13.0. The molecule has 5 rings (SSSR count). The van der Waals surface area contributed by atoms with Gasteiger partial charge in [-0.1, -0.05) is 64.5 Å². The van der Waals surface area contributed by atoms with E-state index in [1.165, 1.54) is 0 Å².